The molecule has 0 fully saturated rings. The maximum absolute atomic E-state index is 11.9. The van der Waals surface area contributed by atoms with Crippen LogP contribution in [-0.4, -0.2) is 20.2 Å². The second-order valence-corrected chi connectivity index (χ2v) is 4.39. The van der Waals surface area contributed by atoms with E-state index in [-0.39, 0.29) is 6.61 Å². The van der Waals surface area contributed by atoms with Gasteiger partial charge in [0.2, 0.25) is 0 Å². The van der Waals surface area contributed by atoms with Gasteiger partial charge in [0, 0.05) is 5.69 Å². The molecule has 0 aliphatic heterocycles. The molecule has 5 nitrogen and oxygen atoms in total. The minimum Gasteiger partial charge on any atom is -0.493 e. The Morgan fingerprint density at radius 3 is 2.48 bits per heavy atom. The molecule has 0 atom stereocenters. The first-order valence-corrected chi connectivity index (χ1v) is 6.37. The molecule has 0 amide bonds. The summed E-state index contributed by atoms with van der Waals surface area (Å²) in [5, 5.41) is 0. The van der Waals surface area contributed by atoms with Crippen LogP contribution in [0, 0.1) is 0 Å². The number of carbonyl (C=O) groups excluding carboxylic acids is 1. The van der Waals surface area contributed by atoms with Gasteiger partial charge < -0.3 is 19.9 Å². The van der Waals surface area contributed by atoms with E-state index in [1.165, 1.54) is 0 Å². The second-order valence-electron chi connectivity index (χ2n) is 4.39. The van der Waals surface area contributed by atoms with Crippen molar-refractivity contribution in [3.8, 4) is 11.5 Å². The van der Waals surface area contributed by atoms with Gasteiger partial charge in [-0.05, 0) is 35.9 Å². The zero-order valence-electron chi connectivity index (χ0n) is 12.0. The van der Waals surface area contributed by atoms with Crippen molar-refractivity contribution in [2.24, 2.45) is 0 Å². The first kappa shape index (κ1) is 14.7. The lowest BCUT2D eigenvalue weighted by molar-refractivity contribution is 0.0472. The summed E-state index contributed by atoms with van der Waals surface area (Å²) in [4.78, 5) is 11.9. The SMILES string of the molecule is COc1ccc(COC(=O)c2cccc(N)c2)cc1OC. The van der Waals surface area contributed by atoms with E-state index in [0.717, 1.165) is 5.56 Å². The zero-order chi connectivity index (χ0) is 15.2. The fraction of sp³-hybridized carbons (Fsp3) is 0.188. The molecule has 2 rings (SSSR count). The van der Waals surface area contributed by atoms with Gasteiger partial charge in [-0.3, -0.25) is 0 Å². The molecular weight excluding hydrogens is 270 g/mol. The number of nitrogens with two attached hydrogens (primary N) is 1. The van der Waals surface area contributed by atoms with Gasteiger partial charge in [0.15, 0.2) is 11.5 Å². The molecule has 0 saturated heterocycles. The molecule has 2 N–H and O–H groups in total. The molecule has 0 aliphatic carbocycles. The van der Waals surface area contributed by atoms with Gasteiger partial charge in [-0.15, -0.1) is 0 Å². The molecule has 0 aliphatic rings. The van der Waals surface area contributed by atoms with Gasteiger partial charge in [-0.2, -0.15) is 0 Å². The highest BCUT2D eigenvalue weighted by Gasteiger charge is 2.09. The van der Waals surface area contributed by atoms with Crippen LogP contribution in [0.4, 0.5) is 5.69 Å². The van der Waals surface area contributed by atoms with Gasteiger partial charge in [0.05, 0.1) is 19.8 Å². The van der Waals surface area contributed by atoms with E-state index in [1.54, 1.807) is 50.6 Å². The molecule has 110 valence electrons. The molecule has 5 heteroatoms. The molecule has 21 heavy (non-hydrogen) atoms. The Kier molecular flexibility index (Phi) is 4.66. The lowest BCUT2D eigenvalue weighted by atomic mass is 10.2. The Hall–Kier alpha value is -2.69. The van der Waals surface area contributed by atoms with Crippen molar-refractivity contribution < 1.29 is 19.0 Å². The third-order valence-electron chi connectivity index (χ3n) is 2.94. The van der Waals surface area contributed by atoms with E-state index in [1.807, 2.05) is 6.07 Å². The largest absolute Gasteiger partial charge is 0.493 e. The number of anilines is 1. The number of esters is 1. The normalized spacial score (nSPS) is 10.0. The van der Waals surface area contributed by atoms with Crippen LogP contribution in [0.25, 0.3) is 0 Å². The maximum atomic E-state index is 11.9. The average molecular weight is 287 g/mol. The highest BCUT2D eigenvalue weighted by Crippen LogP contribution is 2.27. The molecule has 0 heterocycles. The number of hydrogen-bond acceptors (Lipinski definition) is 5. The molecule has 2 aromatic carbocycles. The van der Waals surface area contributed by atoms with E-state index < -0.39 is 5.97 Å². The first-order valence-electron chi connectivity index (χ1n) is 6.37. The van der Waals surface area contributed by atoms with Gasteiger partial charge in [0.25, 0.3) is 0 Å². The van der Waals surface area contributed by atoms with Crippen molar-refractivity contribution in [2.75, 3.05) is 20.0 Å². The van der Waals surface area contributed by atoms with E-state index in [0.29, 0.717) is 22.7 Å². The van der Waals surface area contributed by atoms with Crippen molar-refractivity contribution in [1.82, 2.24) is 0 Å². The Labute approximate surface area is 123 Å². The van der Waals surface area contributed by atoms with Crippen LogP contribution in [0.15, 0.2) is 42.5 Å². The Morgan fingerprint density at radius 1 is 1.05 bits per heavy atom. The summed E-state index contributed by atoms with van der Waals surface area (Å²) in [6, 6.07) is 12.0. The zero-order valence-corrected chi connectivity index (χ0v) is 12.0. The number of carbonyl (C=O) groups is 1. The van der Waals surface area contributed by atoms with Crippen LogP contribution in [0.2, 0.25) is 0 Å². The van der Waals surface area contributed by atoms with Crippen LogP contribution < -0.4 is 15.2 Å². The predicted octanol–water partition coefficient (Wildman–Crippen LogP) is 2.64. The lowest BCUT2D eigenvalue weighted by Gasteiger charge is -2.10. The van der Waals surface area contributed by atoms with E-state index >= 15 is 0 Å². The Bertz CT molecular complexity index is 640. The fourth-order valence-electron chi connectivity index (χ4n) is 1.87. The third-order valence-corrected chi connectivity index (χ3v) is 2.94. The Balaban J connectivity index is 2.04. The van der Waals surface area contributed by atoms with Crippen molar-refractivity contribution in [3.05, 3.63) is 53.6 Å². The third kappa shape index (κ3) is 3.66. The molecule has 0 aromatic heterocycles. The highest BCUT2D eigenvalue weighted by molar-refractivity contribution is 5.90. The number of nitrogen functional groups attached to an aromatic ring is 1. The summed E-state index contributed by atoms with van der Waals surface area (Å²) in [5.74, 6) is 0.801. The van der Waals surface area contributed by atoms with Crippen molar-refractivity contribution >= 4 is 11.7 Å². The second kappa shape index (κ2) is 6.65. The Morgan fingerprint density at radius 2 is 1.81 bits per heavy atom. The molecule has 0 bridgehead atoms. The van der Waals surface area contributed by atoms with Gasteiger partial charge in [0.1, 0.15) is 6.61 Å². The molecule has 0 unspecified atom stereocenters. The first-order chi connectivity index (χ1) is 10.1. The van der Waals surface area contributed by atoms with Crippen LogP contribution in [0.5, 0.6) is 11.5 Å². The standard InChI is InChI=1S/C16H17NO4/c1-19-14-7-6-11(8-15(14)20-2)10-21-16(18)12-4-3-5-13(17)9-12/h3-9H,10,17H2,1-2H3. The molecular formula is C16H17NO4. The van der Waals surface area contributed by atoms with Crippen LogP contribution >= 0.6 is 0 Å². The van der Waals surface area contributed by atoms with Crippen LogP contribution in [0.1, 0.15) is 15.9 Å². The van der Waals surface area contributed by atoms with Gasteiger partial charge >= 0.3 is 5.97 Å². The number of benzene rings is 2. The van der Waals surface area contributed by atoms with Crippen molar-refractivity contribution in [2.45, 2.75) is 6.61 Å². The number of hydrogen-bond donors (Lipinski definition) is 1. The summed E-state index contributed by atoms with van der Waals surface area (Å²) in [6.45, 7) is 0.147. The summed E-state index contributed by atoms with van der Waals surface area (Å²) in [5.41, 5.74) is 7.40. The monoisotopic (exact) mass is 287 g/mol. The minimum absolute atomic E-state index is 0.147. The lowest BCUT2D eigenvalue weighted by Crippen LogP contribution is -2.06. The molecule has 0 radical (unpaired) electrons. The smallest absolute Gasteiger partial charge is 0.338 e. The van der Waals surface area contributed by atoms with Gasteiger partial charge in [-0.25, -0.2) is 4.79 Å². The van der Waals surface area contributed by atoms with Crippen LogP contribution in [-0.2, 0) is 11.3 Å². The average Bonchev–Trinajstić information content (AvgIpc) is 2.52. The summed E-state index contributed by atoms with van der Waals surface area (Å²) in [7, 11) is 3.12. The maximum Gasteiger partial charge on any atom is 0.338 e. The predicted molar refractivity (Wildman–Crippen MR) is 79.5 cm³/mol. The van der Waals surface area contributed by atoms with E-state index in [4.69, 9.17) is 19.9 Å². The van der Waals surface area contributed by atoms with Gasteiger partial charge in [-0.1, -0.05) is 12.1 Å². The number of methoxy groups -OCH3 is 2. The van der Waals surface area contributed by atoms with E-state index in [2.05, 4.69) is 0 Å². The summed E-state index contributed by atoms with van der Waals surface area (Å²) in [6.07, 6.45) is 0. The molecule has 0 saturated carbocycles. The van der Waals surface area contributed by atoms with Crippen molar-refractivity contribution in [3.63, 3.8) is 0 Å². The molecule has 0 spiro atoms. The number of rotatable bonds is 5. The number of ether oxygens (including phenoxy) is 3. The minimum atomic E-state index is -0.419. The fourth-order valence-corrected chi connectivity index (χ4v) is 1.87. The summed E-state index contributed by atoms with van der Waals surface area (Å²) < 4.78 is 15.6. The topological polar surface area (TPSA) is 70.8 Å². The highest BCUT2D eigenvalue weighted by atomic mass is 16.5. The molecule has 2 aromatic rings. The summed E-state index contributed by atoms with van der Waals surface area (Å²) >= 11 is 0. The van der Waals surface area contributed by atoms with E-state index in [9.17, 15) is 4.79 Å². The van der Waals surface area contributed by atoms with Crippen molar-refractivity contribution in [1.29, 1.82) is 0 Å². The quantitative estimate of drug-likeness (QED) is 0.676. The van der Waals surface area contributed by atoms with Crippen LogP contribution in [0.3, 0.4) is 0 Å².